The Labute approximate surface area is 124 Å². The lowest BCUT2D eigenvalue weighted by Crippen LogP contribution is -2.62. The maximum atomic E-state index is 10.7. The SMILES string of the molecule is C[C@@H]1C[C@H]2[C@@H]3CCC[C@@]24c2c(ccc(O)c2O[C@H]4[C@H]1O)C3. The van der Waals surface area contributed by atoms with E-state index in [1.54, 1.807) is 6.07 Å². The van der Waals surface area contributed by atoms with Gasteiger partial charge in [-0.2, -0.15) is 0 Å². The zero-order valence-electron chi connectivity index (χ0n) is 12.4. The van der Waals surface area contributed by atoms with Gasteiger partial charge in [-0.25, -0.2) is 0 Å². The molecule has 0 saturated heterocycles. The monoisotopic (exact) mass is 286 g/mol. The number of aliphatic hydroxyl groups is 1. The lowest BCUT2D eigenvalue weighted by Gasteiger charge is -2.57. The fourth-order valence-corrected chi connectivity index (χ4v) is 6.06. The highest BCUT2D eigenvalue weighted by molar-refractivity contribution is 5.60. The zero-order chi connectivity index (χ0) is 14.4. The van der Waals surface area contributed by atoms with Gasteiger partial charge in [0.15, 0.2) is 11.5 Å². The van der Waals surface area contributed by atoms with E-state index in [1.807, 2.05) is 0 Å². The maximum absolute atomic E-state index is 10.7. The fourth-order valence-electron chi connectivity index (χ4n) is 6.06. The van der Waals surface area contributed by atoms with Gasteiger partial charge in [-0.15, -0.1) is 0 Å². The minimum atomic E-state index is -0.419. The molecule has 4 aliphatic rings. The molecule has 2 saturated carbocycles. The third-order valence-electron chi connectivity index (χ3n) is 6.84. The molecule has 0 unspecified atom stereocenters. The molecule has 5 rings (SSSR count). The van der Waals surface area contributed by atoms with Crippen molar-refractivity contribution in [2.75, 3.05) is 0 Å². The van der Waals surface area contributed by atoms with Crippen LogP contribution < -0.4 is 4.74 Å². The number of hydrogen-bond donors (Lipinski definition) is 2. The maximum Gasteiger partial charge on any atom is 0.165 e. The molecule has 1 spiro atoms. The first-order chi connectivity index (χ1) is 10.1. The molecule has 0 aromatic heterocycles. The Hall–Kier alpha value is -1.22. The van der Waals surface area contributed by atoms with E-state index in [2.05, 4.69) is 13.0 Å². The molecule has 2 bridgehead atoms. The van der Waals surface area contributed by atoms with Crippen molar-refractivity contribution in [3.63, 3.8) is 0 Å². The second-order valence-corrected chi connectivity index (χ2v) is 7.69. The van der Waals surface area contributed by atoms with Crippen molar-refractivity contribution in [2.24, 2.45) is 17.8 Å². The summed E-state index contributed by atoms with van der Waals surface area (Å²) in [5.74, 6) is 2.55. The summed E-state index contributed by atoms with van der Waals surface area (Å²) in [5.41, 5.74) is 2.57. The van der Waals surface area contributed by atoms with Crippen LogP contribution in [0.4, 0.5) is 0 Å². The highest BCUT2D eigenvalue weighted by Crippen LogP contribution is 2.66. The Morgan fingerprint density at radius 3 is 3.05 bits per heavy atom. The van der Waals surface area contributed by atoms with Crippen LogP contribution in [-0.4, -0.2) is 22.4 Å². The van der Waals surface area contributed by atoms with Gasteiger partial charge in [0.05, 0.1) is 6.10 Å². The molecule has 2 N–H and O–H groups in total. The number of phenolic OH excluding ortho intramolecular Hbond substituents is 1. The first-order valence-corrected chi connectivity index (χ1v) is 8.33. The minimum Gasteiger partial charge on any atom is -0.504 e. The summed E-state index contributed by atoms with van der Waals surface area (Å²) >= 11 is 0. The molecule has 3 heteroatoms. The van der Waals surface area contributed by atoms with E-state index in [0.717, 1.165) is 25.2 Å². The van der Waals surface area contributed by atoms with Crippen molar-refractivity contribution in [1.29, 1.82) is 0 Å². The number of benzene rings is 1. The summed E-state index contributed by atoms with van der Waals surface area (Å²) in [5, 5.41) is 21.0. The second-order valence-electron chi connectivity index (χ2n) is 7.69. The third-order valence-corrected chi connectivity index (χ3v) is 6.84. The lowest BCUT2D eigenvalue weighted by molar-refractivity contribution is -0.111. The highest BCUT2D eigenvalue weighted by Gasteiger charge is 2.65. The van der Waals surface area contributed by atoms with E-state index in [4.69, 9.17) is 4.74 Å². The predicted molar refractivity (Wildman–Crippen MR) is 78.5 cm³/mol. The average Bonchev–Trinajstić information content (AvgIpc) is 2.80. The number of aliphatic hydroxyl groups excluding tert-OH is 1. The molecule has 0 radical (unpaired) electrons. The first kappa shape index (κ1) is 12.3. The molecule has 3 nitrogen and oxygen atoms in total. The van der Waals surface area contributed by atoms with Crippen molar-refractivity contribution < 1.29 is 14.9 Å². The molecule has 1 aromatic carbocycles. The molecule has 3 aliphatic carbocycles. The van der Waals surface area contributed by atoms with Gasteiger partial charge < -0.3 is 14.9 Å². The molecule has 1 aromatic rings. The molecule has 1 aliphatic heterocycles. The van der Waals surface area contributed by atoms with Crippen LogP contribution in [-0.2, 0) is 11.8 Å². The Bertz CT molecular complexity index is 625. The highest BCUT2D eigenvalue weighted by atomic mass is 16.5. The molecule has 112 valence electrons. The number of hydrogen-bond acceptors (Lipinski definition) is 3. The molecule has 2 fully saturated rings. The number of rotatable bonds is 0. The van der Waals surface area contributed by atoms with Crippen LogP contribution in [0.5, 0.6) is 11.5 Å². The Morgan fingerprint density at radius 2 is 2.19 bits per heavy atom. The van der Waals surface area contributed by atoms with Gasteiger partial charge >= 0.3 is 0 Å². The van der Waals surface area contributed by atoms with E-state index in [9.17, 15) is 10.2 Å². The van der Waals surface area contributed by atoms with Gasteiger partial charge in [0, 0.05) is 11.0 Å². The minimum absolute atomic E-state index is 0.0312. The molecular formula is C18H22O3. The van der Waals surface area contributed by atoms with Crippen LogP contribution in [0, 0.1) is 17.8 Å². The zero-order valence-corrected chi connectivity index (χ0v) is 12.4. The van der Waals surface area contributed by atoms with Crippen molar-refractivity contribution in [3.05, 3.63) is 23.3 Å². The van der Waals surface area contributed by atoms with E-state index in [0.29, 0.717) is 11.7 Å². The first-order valence-electron chi connectivity index (χ1n) is 8.33. The van der Waals surface area contributed by atoms with E-state index in [1.165, 1.54) is 24.0 Å². The number of phenols is 1. The van der Waals surface area contributed by atoms with Crippen molar-refractivity contribution in [3.8, 4) is 11.5 Å². The topological polar surface area (TPSA) is 49.7 Å². The predicted octanol–water partition coefficient (Wildman–Crippen LogP) is 2.76. The van der Waals surface area contributed by atoms with Crippen LogP contribution in [0.15, 0.2) is 12.1 Å². The van der Waals surface area contributed by atoms with Crippen molar-refractivity contribution in [1.82, 2.24) is 0 Å². The summed E-state index contributed by atoms with van der Waals surface area (Å²) in [6, 6.07) is 3.86. The van der Waals surface area contributed by atoms with Gasteiger partial charge in [0.2, 0.25) is 0 Å². The largest absolute Gasteiger partial charge is 0.504 e. The van der Waals surface area contributed by atoms with Gasteiger partial charge in [0.25, 0.3) is 0 Å². The van der Waals surface area contributed by atoms with E-state index in [-0.39, 0.29) is 23.2 Å². The molecule has 1 heterocycles. The van der Waals surface area contributed by atoms with Crippen LogP contribution in [0.1, 0.15) is 43.7 Å². The van der Waals surface area contributed by atoms with Crippen molar-refractivity contribution in [2.45, 2.75) is 56.7 Å². The van der Waals surface area contributed by atoms with E-state index < -0.39 is 6.10 Å². The summed E-state index contributed by atoms with van der Waals surface area (Å²) in [6.07, 6.45) is 5.27. The summed E-state index contributed by atoms with van der Waals surface area (Å²) in [6.45, 7) is 2.15. The quantitative estimate of drug-likeness (QED) is 0.771. The van der Waals surface area contributed by atoms with Gasteiger partial charge in [-0.1, -0.05) is 19.4 Å². The average molecular weight is 286 g/mol. The summed E-state index contributed by atoms with van der Waals surface area (Å²) in [4.78, 5) is 0. The third kappa shape index (κ3) is 1.26. The molecular weight excluding hydrogens is 264 g/mol. The lowest BCUT2D eigenvalue weighted by atomic mass is 9.47. The number of aromatic hydroxyl groups is 1. The normalized spacial score (nSPS) is 45.9. The smallest absolute Gasteiger partial charge is 0.165 e. The van der Waals surface area contributed by atoms with Gasteiger partial charge in [-0.05, 0) is 55.1 Å². The van der Waals surface area contributed by atoms with Gasteiger partial charge in [-0.3, -0.25) is 0 Å². The van der Waals surface area contributed by atoms with E-state index >= 15 is 0 Å². The van der Waals surface area contributed by atoms with Crippen LogP contribution in [0.3, 0.4) is 0 Å². The molecule has 21 heavy (non-hydrogen) atoms. The summed E-state index contributed by atoms with van der Waals surface area (Å²) < 4.78 is 6.19. The standard InChI is InChI=1S/C18H22O3/c1-9-7-12-10-3-2-6-18(12)14-11(8-10)4-5-13(19)16(14)21-17(18)15(9)20/h4-5,9-10,12,15,17,19-20H,2-3,6-8H2,1H3/t9-,10-,12+,15+,17+,18+/m1/s1. The second kappa shape index (κ2) is 3.75. The fraction of sp³-hybridized carbons (Fsp3) is 0.667. The Kier molecular flexibility index (Phi) is 2.20. The molecule has 0 amide bonds. The Morgan fingerprint density at radius 1 is 1.33 bits per heavy atom. The van der Waals surface area contributed by atoms with Gasteiger partial charge in [0.1, 0.15) is 6.10 Å². The van der Waals surface area contributed by atoms with Crippen LogP contribution in [0.25, 0.3) is 0 Å². The number of ether oxygens (including phenoxy) is 1. The van der Waals surface area contributed by atoms with Crippen molar-refractivity contribution >= 4 is 0 Å². The summed E-state index contributed by atoms with van der Waals surface area (Å²) in [7, 11) is 0. The molecule has 6 atom stereocenters. The van der Waals surface area contributed by atoms with Crippen LogP contribution in [0.2, 0.25) is 0 Å². The van der Waals surface area contributed by atoms with Crippen LogP contribution >= 0.6 is 0 Å². The Balaban J connectivity index is 1.81.